The van der Waals surface area contributed by atoms with Gasteiger partial charge in [-0.05, 0) is 49.1 Å². The van der Waals surface area contributed by atoms with E-state index in [1.54, 1.807) is 10.8 Å². The first-order chi connectivity index (χ1) is 14.1. The van der Waals surface area contributed by atoms with E-state index in [1.165, 1.54) is 5.56 Å². The summed E-state index contributed by atoms with van der Waals surface area (Å²) in [6.45, 7) is 8.00. The number of anilines is 2. The molecular formula is C23H27N5O. The van der Waals surface area contributed by atoms with Crippen LogP contribution in [0.1, 0.15) is 36.2 Å². The van der Waals surface area contributed by atoms with E-state index < -0.39 is 0 Å². The highest BCUT2D eigenvalue weighted by Gasteiger charge is 2.27. The Labute approximate surface area is 171 Å². The van der Waals surface area contributed by atoms with Crippen molar-refractivity contribution < 1.29 is 0 Å². The molecule has 1 aromatic carbocycles. The first-order valence-corrected chi connectivity index (χ1v) is 10.2. The van der Waals surface area contributed by atoms with E-state index in [4.69, 9.17) is 4.98 Å². The van der Waals surface area contributed by atoms with Gasteiger partial charge >= 0.3 is 0 Å². The fourth-order valence-electron chi connectivity index (χ4n) is 3.89. The normalized spacial score (nSPS) is 14.1. The predicted molar refractivity (Wildman–Crippen MR) is 115 cm³/mol. The molecule has 1 aliphatic rings. The van der Waals surface area contributed by atoms with Crippen molar-refractivity contribution >= 4 is 11.6 Å². The lowest BCUT2D eigenvalue weighted by atomic mass is 10.1. The third kappa shape index (κ3) is 3.80. The largest absolute Gasteiger partial charge is 0.298 e. The van der Waals surface area contributed by atoms with Gasteiger partial charge in [-0.15, -0.1) is 0 Å². The highest BCUT2D eigenvalue weighted by Crippen LogP contribution is 2.28. The highest BCUT2D eigenvalue weighted by atomic mass is 16.1. The van der Waals surface area contributed by atoms with Crippen LogP contribution in [0.25, 0.3) is 0 Å². The van der Waals surface area contributed by atoms with Crippen molar-refractivity contribution in [2.24, 2.45) is 0 Å². The molecule has 0 amide bonds. The summed E-state index contributed by atoms with van der Waals surface area (Å²) in [4.78, 5) is 26.6. The molecule has 0 atom stereocenters. The number of hydrogen-bond donors (Lipinski definition) is 0. The number of hydrogen-bond acceptors (Lipinski definition) is 5. The Morgan fingerprint density at radius 3 is 2.45 bits per heavy atom. The lowest BCUT2D eigenvalue weighted by Gasteiger charge is -2.38. The lowest BCUT2D eigenvalue weighted by Crippen LogP contribution is -2.47. The van der Waals surface area contributed by atoms with E-state index in [0.717, 1.165) is 41.4 Å². The maximum absolute atomic E-state index is 13.2. The quantitative estimate of drug-likeness (QED) is 0.667. The highest BCUT2D eigenvalue weighted by molar-refractivity contribution is 5.59. The third-order valence-electron chi connectivity index (χ3n) is 5.51. The Balaban J connectivity index is 1.77. The third-order valence-corrected chi connectivity index (χ3v) is 5.51. The summed E-state index contributed by atoms with van der Waals surface area (Å²) in [6, 6.07) is 12.5. The van der Waals surface area contributed by atoms with Crippen LogP contribution in [0.3, 0.4) is 0 Å². The summed E-state index contributed by atoms with van der Waals surface area (Å²) in [5.41, 5.74) is 5.13. The molecule has 29 heavy (non-hydrogen) atoms. The Hall–Kier alpha value is -2.99. The fraction of sp³-hybridized carbons (Fsp3) is 0.348. The van der Waals surface area contributed by atoms with Crippen LogP contribution in [-0.4, -0.2) is 26.1 Å². The van der Waals surface area contributed by atoms with Crippen LogP contribution in [0.4, 0.5) is 11.6 Å². The van der Waals surface area contributed by atoms with Crippen LogP contribution >= 0.6 is 0 Å². The van der Waals surface area contributed by atoms with Gasteiger partial charge < -0.3 is 0 Å². The molecule has 4 rings (SSSR count). The maximum atomic E-state index is 13.2. The Morgan fingerprint density at radius 1 is 1.00 bits per heavy atom. The zero-order valence-corrected chi connectivity index (χ0v) is 17.3. The minimum Gasteiger partial charge on any atom is -0.298 e. The lowest BCUT2D eigenvalue weighted by molar-refractivity contribution is 0.189. The van der Waals surface area contributed by atoms with E-state index >= 15 is 0 Å². The Bertz CT molecular complexity index is 1040. The molecule has 1 aliphatic heterocycles. The van der Waals surface area contributed by atoms with Gasteiger partial charge in [0.15, 0.2) is 0 Å². The molecule has 3 heterocycles. The summed E-state index contributed by atoms with van der Waals surface area (Å²) in [6.07, 6.45) is 5.34. The number of nitrogens with zero attached hydrogens (tertiary/aromatic N) is 5. The smallest absolute Gasteiger partial charge is 0.259 e. The van der Waals surface area contributed by atoms with Gasteiger partial charge in [0.25, 0.3) is 5.56 Å². The van der Waals surface area contributed by atoms with Crippen LogP contribution in [0.5, 0.6) is 0 Å². The van der Waals surface area contributed by atoms with Crippen molar-refractivity contribution in [3.63, 3.8) is 0 Å². The van der Waals surface area contributed by atoms with Crippen LogP contribution in [0.15, 0.2) is 53.6 Å². The minimum absolute atomic E-state index is 0.0565. The van der Waals surface area contributed by atoms with Gasteiger partial charge in [-0.3, -0.25) is 24.1 Å². The van der Waals surface area contributed by atoms with E-state index in [-0.39, 0.29) is 5.56 Å². The SMILES string of the molecule is CCc1ccc(N2CN(Cc3cccnc3)Cn3c2nc(C)c(CC)c3=O)cc1. The Morgan fingerprint density at radius 2 is 1.79 bits per heavy atom. The molecule has 0 bridgehead atoms. The maximum Gasteiger partial charge on any atom is 0.259 e. The number of pyridine rings is 1. The summed E-state index contributed by atoms with van der Waals surface area (Å²) >= 11 is 0. The average molecular weight is 390 g/mol. The standard InChI is InChI=1S/C23H27N5O/c1-4-18-8-10-20(11-9-18)27-15-26(14-19-7-6-12-24-13-19)16-28-22(29)21(5-2)17(3)25-23(27)28/h6-13H,4-5,14-16H2,1-3H3. The monoisotopic (exact) mass is 389 g/mol. The number of aromatic nitrogens is 3. The van der Waals surface area contributed by atoms with Crippen molar-refractivity contribution in [1.29, 1.82) is 0 Å². The Kier molecular flexibility index (Phi) is 5.45. The molecular weight excluding hydrogens is 362 g/mol. The van der Waals surface area contributed by atoms with E-state index in [0.29, 0.717) is 19.8 Å². The second-order valence-corrected chi connectivity index (χ2v) is 7.48. The number of fused-ring (bicyclic) bond motifs is 1. The minimum atomic E-state index is 0.0565. The van der Waals surface area contributed by atoms with Crippen molar-refractivity contribution in [1.82, 2.24) is 19.4 Å². The van der Waals surface area contributed by atoms with Crippen LogP contribution < -0.4 is 10.5 Å². The molecule has 6 nitrogen and oxygen atoms in total. The molecule has 2 aromatic heterocycles. The molecule has 0 saturated carbocycles. The van der Waals surface area contributed by atoms with Crippen molar-refractivity contribution in [3.8, 4) is 0 Å². The molecule has 150 valence electrons. The molecule has 0 spiro atoms. The van der Waals surface area contributed by atoms with Crippen molar-refractivity contribution in [3.05, 3.63) is 81.5 Å². The van der Waals surface area contributed by atoms with Gasteiger partial charge in [0, 0.05) is 35.9 Å². The van der Waals surface area contributed by atoms with E-state index in [2.05, 4.69) is 52.0 Å². The summed E-state index contributed by atoms with van der Waals surface area (Å²) in [7, 11) is 0. The van der Waals surface area contributed by atoms with Crippen LogP contribution in [0.2, 0.25) is 0 Å². The number of benzene rings is 1. The molecule has 0 fully saturated rings. The molecule has 0 aliphatic carbocycles. The molecule has 3 aromatic rings. The molecule has 0 unspecified atom stereocenters. The topological polar surface area (TPSA) is 54.3 Å². The second-order valence-electron chi connectivity index (χ2n) is 7.48. The van der Waals surface area contributed by atoms with Crippen LogP contribution in [-0.2, 0) is 26.1 Å². The zero-order chi connectivity index (χ0) is 20.4. The fourth-order valence-corrected chi connectivity index (χ4v) is 3.89. The predicted octanol–water partition coefficient (Wildman–Crippen LogP) is 3.64. The summed E-state index contributed by atoms with van der Waals surface area (Å²) < 4.78 is 1.80. The summed E-state index contributed by atoms with van der Waals surface area (Å²) in [5, 5.41) is 0. The molecule has 0 N–H and O–H groups in total. The van der Waals surface area contributed by atoms with Gasteiger partial charge in [0.05, 0.1) is 13.3 Å². The molecule has 0 radical (unpaired) electrons. The van der Waals surface area contributed by atoms with Gasteiger partial charge in [-0.2, -0.15) is 0 Å². The second kappa shape index (κ2) is 8.17. The van der Waals surface area contributed by atoms with Gasteiger partial charge in [-0.1, -0.05) is 32.0 Å². The van der Waals surface area contributed by atoms with Gasteiger partial charge in [-0.25, -0.2) is 4.98 Å². The summed E-state index contributed by atoms with van der Waals surface area (Å²) in [5.74, 6) is 0.719. The average Bonchev–Trinajstić information content (AvgIpc) is 2.75. The van der Waals surface area contributed by atoms with Crippen molar-refractivity contribution in [2.45, 2.75) is 46.8 Å². The van der Waals surface area contributed by atoms with Crippen LogP contribution in [0, 0.1) is 6.92 Å². The van der Waals surface area contributed by atoms with Gasteiger partial charge in [0.2, 0.25) is 5.95 Å². The van der Waals surface area contributed by atoms with Crippen molar-refractivity contribution in [2.75, 3.05) is 11.6 Å². The molecule has 0 saturated heterocycles. The van der Waals surface area contributed by atoms with E-state index in [9.17, 15) is 4.79 Å². The number of rotatable bonds is 5. The first kappa shape index (κ1) is 19.3. The molecule has 6 heteroatoms. The zero-order valence-electron chi connectivity index (χ0n) is 17.3. The first-order valence-electron chi connectivity index (χ1n) is 10.2. The van der Waals surface area contributed by atoms with Gasteiger partial charge in [0.1, 0.15) is 0 Å². The number of aryl methyl sites for hydroxylation is 2. The van der Waals surface area contributed by atoms with E-state index in [1.807, 2.05) is 26.1 Å².